The van der Waals surface area contributed by atoms with Crippen LogP contribution in [0.3, 0.4) is 0 Å². The van der Waals surface area contributed by atoms with Crippen molar-refractivity contribution in [2.45, 2.75) is 45.3 Å². The van der Waals surface area contributed by atoms with Crippen molar-refractivity contribution in [2.75, 3.05) is 19.6 Å². The normalized spacial score (nSPS) is 19.7. The molecule has 7 heteroatoms. The van der Waals surface area contributed by atoms with Crippen LogP contribution in [-0.2, 0) is 22.7 Å². The molecule has 2 aliphatic rings. The van der Waals surface area contributed by atoms with Gasteiger partial charge in [-0.15, -0.1) is 0 Å². The van der Waals surface area contributed by atoms with E-state index in [-0.39, 0.29) is 24.1 Å². The Bertz CT molecular complexity index is 704. The van der Waals surface area contributed by atoms with Crippen molar-refractivity contribution in [3.8, 4) is 0 Å². The van der Waals surface area contributed by atoms with Crippen molar-refractivity contribution < 1.29 is 14.4 Å². The Morgan fingerprint density at radius 1 is 1.19 bits per heavy atom. The van der Waals surface area contributed by atoms with Crippen LogP contribution < -0.4 is 16.0 Å². The molecule has 1 aromatic carbocycles. The third kappa shape index (κ3) is 4.11. The Hall–Kier alpha value is -2.25. The van der Waals surface area contributed by atoms with Gasteiger partial charge < -0.3 is 15.5 Å². The van der Waals surface area contributed by atoms with E-state index in [1.165, 1.54) is 0 Å². The Kier molecular flexibility index (Phi) is 6.00. The second-order valence-electron chi connectivity index (χ2n) is 6.78. The fraction of sp³-hybridized carbons (Fsp3) is 0.526. The van der Waals surface area contributed by atoms with Gasteiger partial charge in [0.05, 0.1) is 0 Å². The van der Waals surface area contributed by atoms with Crippen LogP contribution in [0.5, 0.6) is 0 Å². The maximum atomic E-state index is 12.8. The fourth-order valence-corrected chi connectivity index (χ4v) is 3.46. The number of hydrogen-bond acceptors (Lipinski definition) is 5. The standard InChI is InChI=1S/C19H26N4O3/c1-2-20-8-3-9-21-11-13-4-5-14-12-23(19(26)15(14)10-13)16-6-7-17(24)22-18(16)25/h4-5,10,16,20-21H,2-3,6-9,11-12H2,1H3,(H,22,24,25). The molecule has 0 bridgehead atoms. The molecule has 1 atom stereocenters. The van der Waals surface area contributed by atoms with Gasteiger partial charge in [0.2, 0.25) is 11.8 Å². The molecule has 0 spiro atoms. The van der Waals surface area contributed by atoms with Crippen molar-refractivity contribution in [2.24, 2.45) is 0 Å². The number of carbonyl (C=O) groups excluding carboxylic acids is 3. The topological polar surface area (TPSA) is 90.5 Å². The van der Waals surface area contributed by atoms with E-state index in [1.807, 2.05) is 18.2 Å². The quantitative estimate of drug-likeness (QED) is 0.466. The van der Waals surface area contributed by atoms with Gasteiger partial charge in [-0.3, -0.25) is 19.7 Å². The molecule has 1 fully saturated rings. The molecule has 0 saturated carbocycles. The SMILES string of the molecule is CCNCCCNCc1ccc2c(c1)C(=O)N(C1CCC(=O)NC1=O)C2. The second kappa shape index (κ2) is 8.42. The van der Waals surface area contributed by atoms with E-state index in [2.05, 4.69) is 22.9 Å². The molecule has 2 heterocycles. The molecule has 3 amide bonds. The van der Waals surface area contributed by atoms with E-state index in [1.54, 1.807) is 4.90 Å². The highest BCUT2D eigenvalue weighted by Crippen LogP contribution is 2.28. The smallest absolute Gasteiger partial charge is 0.255 e. The number of hydrogen-bond donors (Lipinski definition) is 3. The zero-order chi connectivity index (χ0) is 18.5. The van der Waals surface area contributed by atoms with E-state index >= 15 is 0 Å². The van der Waals surface area contributed by atoms with Crippen LogP contribution in [0.15, 0.2) is 18.2 Å². The average molecular weight is 358 g/mol. The minimum absolute atomic E-state index is 0.122. The van der Waals surface area contributed by atoms with Crippen molar-refractivity contribution in [1.29, 1.82) is 0 Å². The summed E-state index contributed by atoms with van der Waals surface area (Å²) >= 11 is 0. The first-order chi connectivity index (χ1) is 12.6. The summed E-state index contributed by atoms with van der Waals surface area (Å²) in [6, 6.07) is 5.35. The summed E-state index contributed by atoms with van der Waals surface area (Å²) in [4.78, 5) is 37.7. The third-order valence-corrected chi connectivity index (χ3v) is 4.88. The van der Waals surface area contributed by atoms with Gasteiger partial charge in [0.25, 0.3) is 5.91 Å². The van der Waals surface area contributed by atoms with E-state index in [0.717, 1.165) is 37.2 Å². The van der Waals surface area contributed by atoms with Gasteiger partial charge in [0, 0.05) is 25.1 Å². The van der Waals surface area contributed by atoms with Crippen molar-refractivity contribution in [3.05, 3.63) is 34.9 Å². The van der Waals surface area contributed by atoms with Crippen LogP contribution in [0.2, 0.25) is 0 Å². The number of benzene rings is 1. The van der Waals surface area contributed by atoms with Gasteiger partial charge in [0.1, 0.15) is 6.04 Å². The van der Waals surface area contributed by atoms with Gasteiger partial charge in [-0.2, -0.15) is 0 Å². The first-order valence-electron chi connectivity index (χ1n) is 9.28. The molecule has 1 unspecified atom stereocenters. The highest BCUT2D eigenvalue weighted by molar-refractivity contribution is 6.05. The maximum absolute atomic E-state index is 12.8. The third-order valence-electron chi connectivity index (χ3n) is 4.88. The predicted octanol–water partition coefficient (Wildman–Crippen LogP) is 0.537. The Balaban J connectivity index is 1.58. The molecule has 1 aromatic rings. The predicted molar refractivity (Wildman–Crippen MR) is 97.4 cm³/mol. The number of nitrogens with one attached hydrogen (secondary N) is 3. The van der Waals surface area contributed by atoms with E-state index in [9.17, 15) is 14.4 Å². The molecule has 0 aromatic heterocycles. The van der Waals surface area contributed by atoms with Crippen molar-refractivity contribution in [1.82, 2.24) is 20.9 Å². The van der Waals surface area contributed by atoms with Crippen molar-refractivity contribution in [3.63, 3.8) is 0 Å². The summed E-state index contributed by atoms with van der Waals surface area (Å²) in [6.45, 7) is 6.12. The van der Waals surface area contributed by atoms with Crippen LogP contribution in [0.1, 0.15) is 47.7 Å². The van der Waals surface area contributed by atoms with E-state index in [4.69, 9.17) is 0 Å². The monoisotopic (exact) mass is 358 g/mol. The number of piperidine rings is 1. The van der Waals surface area contributed by atoms with Gasteiger partial charge >= 0.3 is 0 Å². The molecular formula is C19H26N4O3. The lowest BCUT2D eigenvalue weighted by molar-refractivity contribution is -0.136. The van der Waals surface area contributed by atoms with Gasteiger partial charge in [-0.1, -0.05) is 19.1 Å². The molecule has 3 rings (SSSR count). The first kappa shape index (κ1) is 18.5. The number of carbonyl (C=O) groups is 3. The lowest BCUT2D eigenvalue weighted by atomic mass is 10.0. The minimum Gasteiger partial charge on any atom is -0.322 e. The van der Waals surface area contributed by atoms with Gasteiger partial charge in [0.15, 0.2) is 0 Å². The zero-order valence-electron chi connectivity index (χ0n) is 15.1. The minimum atomic E-state index is -0.555. The zero-order valence-corrected chi connectivity index (χ0v) is 15.1. The molecule has 2 aliphatic heterocycles. The van der Waals surface area contributed by atoms with Gasteiger partial charge in [-0.25, -0.2) is 0 Å². The van der Waals surface area contributed by atoms with Crippen LogP contribution in [0, 0.1) is 0 Å². The summed E-state index contributed by atoms with van der Waals surface area (Å²) < 4.78 is 0. The molecular weight excluding hydrogens is 332 g/mol. The highest BCUT2D eigenvalue weighted by Gasteiger charge is 2.38. The van der Waals surface area contributed by atoms with Crippen LogP contribution in [0.4, 0.5) is 0 Å². The number of rotatable bonds is 8. The lowest BCUT2D eigenvalue weighted by Crippen LogP contribution is -2.52. The number of imide groups is 1. The van der Waals surface area contributed by atoms with Crippen LogP contribution >= 0.6 is 0 Å². The number of nitrogens with zero attached hydrogens (tertiary/aromatic N) is 1. The number of amides is 3. The summed E-state index contributed by atoms with van der Waals surface area (Å²) in [5.41, 5.74) is 2.67. The highest BCUT2D eigenvalue weighted by atomic mass is 16.2. The molecule has 7 nitrogen and oxygen atoms in total. The van der Waals surface area contributed by atoms with Crippen molar-refractivity contribution >= 4 is 17.7 Å². The molecule has 3 N–H and O–H groups in total. The Morgan fingerprint density at radius 2 is 2.00 bits per heavy atom. The summed E-state index contributed by atoms with van der Waals surface area (Å²) in [5, 5.41) is 9.00. The van der Waals surface area contributed by atoms with Gasteiger partial charge in [-0.05, 0) is 49.7 Å². The molecule has 1 saturated heterocycles. The summed E-state index contributed by atoms with van der Waals surface area (Å²) in [5.74, 6) is -0.758. The van der Waals surface area contributed by atoms with E-state index < -0.39 is 6.04 Å². The Labute approximate surface area is 153 Å². The lowest BCUT2D eigenvalue weighted by Gasteiger charge is -2.29. The first-order valence-corrected chi connectivity index (χ1v) is 9.28. The molecule has 0 radical (unpaired) electrons. The Morgan fingerprint density at radius 3 is 2.77 bits per heavy atom. The fourth-order valence-electron chi connectivity index (χ4n) is 3.46. The summed E-state index contributed by atoms with van der Waals surface area (Å²) in [7, 11) is 0. The largest absolute Gasteiger partial charge is 0.322 e. The molecule has 140 valence electrons. The number of fused-ring (bicyclic) bond motifs is 1. The molecule has 0 aliphatic carbocycles. The van der Waals surface area contributed by atoms with Crippen LogP contribution in [-0.4, -0.2) is 48.3 Å². The molecule has 26 heavy (non-hydrogen) atoms. The average Bonchev–Trinajstić information content (AvgIpc) is 2.94. The maximum Gasteiger partial charge on any atom is 0.255 e. The van der Waals surface area contributed by atoms with Crippen LogP contribution in [0.25, 0.3) is 0 Å². The van der Waals surface area contributed by atoms with E-state index in [0.29, 0.717) is 25.1 Å². The summed E-state index contributed by atoms with van der Waals surface area (Å²) in [6.07, 6.45) is 1.73. The second-order valence-corrected chi connectivity index (χ2v) is 6.78.